The summed E-state index contributed by atoms with van der Waals surface area (Å²) < 4.78 is 0. The summed E-state index contributed by atoms with van der Waals surface area (Å²) in [5.74, 6) is 5.54. The highest BCUT2D eigenvalue weighted by Gasteiger charge is 2.01. The van der Waals surface area contributed by atoms with E-state index in [1.807, 2.05) is 12.1 Å². The van der Waals surface area contributed by atoms with Gasteiger partial charge in [-0.15, -0.1) is 0 Å². The van der Waals surface area contributed by atoms with Gasteiger partial charge in [-0.3, -0.25) is 5.10 Å². The highest BCUT2D eigenvalue weighted by molar-refractivity contribution is 5.80. The molecular formula is C10H7N3O. The Bertz CT molecular complexity index is 519. The third-order valence-corrected chi connectivity index (χ3v) is 1.73. The second-order valence-electron chi connectivity index (χ2n) is 2.65. The average molecular weight is 185 g/mol. The van der Waals surface area contributed by atoms with Gasteiger partial charge < -0.3 is 4.79 Å². The number of aldehydes is 1. The van der Waals surface area contributed by atoms with E-state index >= 15 is 0 Å². The maximum Gasteiger partial charge on any atom is 0.182 e. The van der Waals surface area contributed by atoms with Gasteiger partial charge in [0.2, 0.25) is 0 Å². The summed E-state index contributed by atoms with van der Waals surface area (Å²) in [4.78, 5) is 14.1. The summed E-state index contributed by atoms with van der Waals surface area (Å²) in [5, 5.41) is 7.62. The molecule has 0 saturated heterocycles. The number of pyridine rings is 1. The molecule has 0 aliphatic rings. The van der Waals surface area contributed by atoms with Gasteiger partial charge in [-0.1, -0.05) is 5.92 Å². The third kappa shape index (κ3) is 1.48. The topological polar surface area (TPSA) is 58.6 Å². The standard InChI is InChI=1S/C10H7N3O/c14-7-2-1-5-9-8-4-3-6-11-10(8)13-12-9/h3-4,6-7H,2H2,(H,11,12,13). The summed E-state index contributed by atoms with van der Waals surface area (Å²) in [7, 11) is 0. The van der Waals surface area contributed by atoms with Gasteiger partial charge in [-0.05, 0) is 18.1 Å². The van der Waals surface area contributed by atoms with Crippen molar-refractivity contribution in [3.05, 3.63) is 24.0 Å². The summed E-state index contributed by atoms with van der Waals surface area (Å²) in [6.45, 7) is 0. The first-order chi connectivity index (χ1) is 6.92. The summed E-state index contributed by atoms with van der Waals surface area (Å²) >= 11 is 0. The number of aromatic nitrogens is 3. The number of hydrogen-bond acceptors (Lipinski definition) is 3. The lowest BCUT2D eigenvalue weighted by molar-refractivity contribution is -0.107. The van der Waals surface area contributed by atoms with Crippen LogP contribution < -0.4 is 0 Å². The van der Waals surface area contributed by atoms with E-state index in [4.69, 9.17) is 0 Å². The molecule has 2 heterocycles. The number of carbonyl (C=O) groups excluding carboxylic acids is 1. The Kier molecular flexibility index (Phi) is 2.24. The van der Waals surface area contributed by atoms with E-state index in [-0.39, 0.29) is 6.42 Å². The van der Waals surface area contributed by atoms with E-state index in [2.05, 4.69) is 27.0 Å². The molecule has 0 aliphatic heterocycles. The van der Waals surface area contributed by atoms with Crippen molar-refractivity contribution in [3.8, 4) is 11.8 Å². The van der Waals surface area contributed by atoms with Crippen molar-refractivity contribution in [3.63, 3.8) is 0 Å². The molecule has 0 aliphatic carbocycles. The number of carbonyl (C=O) groups is 1. The Hall–Kier alpha value is -2.15. The number of hydrogen-bond donors (Lipinski definition) is 1. The van der Waals surface area contributed by atoms with Crippen molar-refractivity contribution < 1.29 is 4.79 Å². The molecule has 4 heteroatoms. The Morgan fingerprint density at radius 3 is 3.36 bits per heavy atom. The van der Waals surface area contributed by atoms with E-state index in [1.165, 1.54) is 0 Å². The number of aromatic amines is 1. The zero-order chi connectivity index (χ0) is 9.80. The lowest BCUT2D eigenvalue weighted by atomic mass is 10.2. The molecule has 0 unspecified atom stereocenters. The molecule has 4 nitrogen and oxygen atoms in total. The minimum absolute atomic E-state index is 0.237. The molecule has 2 aromatic rings. The number of fused-ring (bicyclic) bond motifs is 1. The van der Waals surface area contributed by atoms with Crippen molar-refractivity contribution >= 4 is 17.3 Å². The summed E-state index contributed by atoms with van der Waals surface area (Å²) in [6, 6.07) is 3.71. The first-order valence-electron chi connectivity index (χ1n) is 4.13. The van der Waals surface area contributed by atoms with E-state index in [0.717, 1.165) is 11.7 Å². The van der Waals surface area contributed by atoms with Gasteiger partial charge in [-0.2, -0.15) is 5.10 Å². The van der Waals surface area contributed by atoms with Crippen molar-refractivity contribution in [2.45, 2.75) is 6.42 Å². The van der Waals surface area contributed by atoms with Gasteiger partial charge in [0, 0.05) is 6.20 Å². The number of H-pyrrole nitrogens is 1. The van der Waals surface area contributed by atoms with Crippen LogP contribution in [0, 0.1) is 11.8 Å². The van der Waals surface area contributed by atoms with Crippen LogP contribution in [0.25, 0.3) is 11.0 Å². The minimum atomic E-state index is 0.237. The van der Waals surface area contributed by atoms with Crippen LogP contribution in [-0.4, -0.2) is 21.5 Å². The highest BCUT2D eigenvalue weighted by Crippen LogP contribution is 2.10. The van der Waals surface area contributed by atoms with Crippen LogP contribution in [0.15, 0.2) is 18.3 Å². The van der Waals surface area contributed by atoms with Crippen LogP contribution in [-0.2, 0) is 4.79 Å². The van der Waals surface area contributed by atoms with Gasteiger partial charge in [-0.25, -0.2) is 4.98 Å². The van der Waals surface area contributed by atoms with Crippen molar-refractivity contribution in [2.24, 2.45) is 0 Å². The van der Waals surface area contributed by atoms with Crippen molar-refractivity contribution in [2.75, 3.05) is 0 Å². The molecule has 0 saturated carbocycles. The minimum Gasteiger partial charge on any atom is -0.302 e. The molecule has 0 aromatic carbocycles. The molecule has 0 radical (unpaired) electrons. The van der Waals surface area contributed by atoms with Gasteiger partial charge in [0.25, 0.3) is 0 Å². The normalized spacial score (nSPS) is 9.43. The van der Waals surface area contributed by atoms with Crippen LogP contribution in [0.3, 0.4) is 0 Å². The average Bonchev–Trinajstić information content (AvgIpc) is 2.63. The van der Waals surface area contributed by atoms with Crippen molar-refractivity contribution in [1.82, 2.24) is 15.2 Å². The van der Waals surface area contributed by atoms with Gasteiger partial charge in [0.1, 0.15) is 12.0 Å². The van der Waals surface area contributed by atoms with Crippen LogP contribution >= 0.6 is 0 Å². The Morgan fingerprint density at radius 1 is 1.57 bits per heavy atom. The molecule has 0 fully saturated rings. The Labute approximate surface area is 80.4 Å². The molecule has 0 bridgehead atoms. The van der Waals surface area contributed by atoms with E-state index in [9.17, 15) is 4.79 Å². The monoisotopic (exact) mass is 185 g/mol. The van der Waals surface area contributed by atoms with Gasteiger partial charge >= 0.3 is 0 Å². The van der Waals surface area contributed by atoms with Gasteiger partial charge in [0.05, 0.1) is 11.8 Å². The molecule has 0 spiro atoms. The maximum absolute atomic E-state index is 10.1. The molecule has 68 valence electrons. The predicted molar refractivity (Wildman–Crippen MR) is 51.4 cm³/mol. The van der Waals surface area contributed by atoms with Crippen LogP contribution in [0.2, 0.25) is 0 Å². The molecular weight excluding hydrogens is 178 g/mol. The number of nitrogens with zero attached hydrogens (tertiary/aromatic N) is 2. The SMILES string of the molecule is O=CCC#Cc1[nH]nc2ncccc12. The molecule has 0 amide bonds. The third-order valence-electron chi connectivity index (χ3n) is 1.73. The lowest BCUT2D eigenvalue weighted by Gasteiger charge is -1.84. The second-order valence-corrected chi connectivity index (χ2v) is 2.65. The quantitative estimate of drug-likeness (QED) is 0.530. The summed E-state index contributed by atoms with van der Waals surface area (Å²) in [6.07, 6.45) is 2.68. The lowest BCUT2D eigenvalue weighted by Crippen LogP contribution is -1.75. The molecule has 14 heavy (non-hydrogen) atoms. The van der Waals surface area contributed by atoms with E-state index < -0.39 is 0 Å². The number of nitrogens with one attached hydrogen (secondary N) is 1. The zero-order valence-corrected chi connectivity index (χ0v) is 7.32. The Morgan fingerprint density at radius 2 is 2.50 bits per heavy atom. The Balaban J connectivity index is 2.44. The fourth-order valence-corrected chi connectivity index (χ4v) is 1.13. The van der Waals surface area contributed by atoms with Crippen LogP contribution in [0.4, 0.5) is 0 Å². The van der Waals surface area contributed by atoms with E-state index in [0.29, 0.717) is 11.3 Å². The molecule has 1 N–H and O–H groups in total. The fourth-order valence-electron chi connectivity index (χ4n) is 1.13. The van der Waals surface area contributed by atoms with Crippen LogP contribution in [0.5, 0.6) is 0 Å². The van der Waals surface area contributed by atoms with Crippen LogP contribution in [0.1, 0.15) is 12.1 Å². The van der Waals surface area contributed by atoms with Gasteiger partial charge in [0.15, 0.2) is 5.65 Å². The first kappa shape index (κ1) is 8.45. The smallest absolute Gasteiger partial charge is 0.182 e. The second kappa shape index (κ2) is 3.71. The first-order valence-corrected chi connectivity index (χ1v) is 4.13. The zero-order valence-electron chi connectivity index (χ0n) is 7.32. The number of rotatable bonds is 1. The predicted octanol–water partition coefficient (Wildman–Crippen LogP) is 0.898. The molecule has 0 atom stereocenters. The molecule has 2 aromatic heterocycles. The molecule has 2 rings (SSSR count). The fraction of sp³-hybridized carbons (Fsp3) is 0.100. The summed E-state index contributed by atoms with van der Waals surface area (Å²) in [5.41, 5.74) is 1.35. The van der Waals surface area contributed by atoms with Crippen molar-refractivity contribution in [1.29, 1.82) is 0 Å². The maximum atomic E-state index is 10.1. The highest BCUT2D eigenvalue weighted by atomic mass is 16.1. The largest absolute Gasteiger partial charge is 0.302 e. The van der Waals surface area contributed by atoms with E-state index in [1.54, 1.807) is 6.20 Å².